The molecule has 36 nitrogen and oxygen atoms in total. The number of phenolic OH excluding ortho intramolecular Hbond substituents is 1. The van der Waals surface area contributed by atoms with Crippen LogP contribution in [-0.4, -0.2) is 219 Å². The second-order valence-corrected chi connectivity index (χ2v) is 24.2. The lowest BCUT2D eigenvalue weighted by Crippen LogP contribution is -2.25. The number of ketones is 2. The van der Waals surface area contributed by atoms with E-state index < -0.39 is 59.8 Å². The number of non-ortho nitro benzene ring substituents is 5. The molecule has 36 heteroatoms. The molecule has 0 spiro atoms. The van der Waals surface area contributed by atoms with Gasteiger partial charge >= 0.3 is 23.9 Å². The first-order valence-corrected chi connectivity index (χ1v) is 34.4. The summed E-state index contributed by atoms with van der Waals surface area (Å²) in [5.41, 5.74) is 5.29. The number of anilines is 1. The Morgan fingerprint density at radius 1 is 0.370 bits per heavy atom. The Morgan fingerprint density at radius 3 is 0.935 bits per heavy atom. The summed E-state index contributed by atoms with van der Waals surface area (Å²) in [6.45, 7) is 17.4. The summed E-state index contributed by atoms with van der Waals surface area (Å²) < 4.78 is 31.4. The van der Waals surface area contributed by atoms with Crippen LogP contribution in [0.1, 0.15) is 140 Å². The van der Waals surface area contributed by atoms with Crippen LogP contribution in [0.25, 0.3) is 0 Å². The number of ether oxygens (including phenoxy) is 6. The molecule has 10 rings (SSSR count). The van der Waals surface area contributed by atoms with Gasteiger partial charge in [-0.05, 0) is 152 Å². The number of benzene rings is 6. The predicted octanol–water partition coefficient (Wildman–Crippen LogP) is 10.7. The van der Waals surface area contributed by atoms with Gasteiger partial charge in [-0.1, -0.05) is 13.8 Å². The maximum Gasteiger partial charge on any atom is 0.341 e. The number of aromatic hydroxyl groups is 2. The molecule has 4 fully saturated rings. The highest BCUT2D eigenvalue weighted by Gasteiger charge is 2.24. The number of aromatic carboxylic acids is 2. The van der Waals surface area contributed by atoms with E-state index in [1.165, 1.54) is 107 Å². The third kappa shape index (κ3) is 28.1. The minimum absolute atomic E-state index is 0.0727. The second-order valence-electron chi connectivity index (χ2n) is 24.2. The number of hydrogen-bond acceptors (Lipinski definition) is 29. The Hall–Kier alpha value is -12.0. The average Bonchev–Trinajstić information content (AvgIpc) is 1.13. The van der Waals surface area contributed by atoms with Gasteiger partial charge in [0, 0.05) is 105 Å². The van der Waals surface area contributed by atoms with Gasteiger partial charge in [0.2, 0.25) is 0 Å². The van der Waals surface area contributed by atoms with E-state index in [-0.39, 0.29) is 68.2 Å². The number of carboxylic acid groups (broad SMARTS) is 2. The van der Waals surface area contributed by atoms with Crippen molar-refractivity contribution in [3.8, 4) is 34.5 Å². The molecule has 6 aromatic carbocycles. The van der Waals surface area contributed by atoms with Crippen molar-refractivity contribution < 1.29 is 102 Å². The van der Waals surface area contributed by atoms with Crippen LogP contribution in [0.5, 0.6) is 34.5 Å². The molecule has 0 saturated carbocycles. The number of hydrogen-bond donors (Lipinski definition) is 5. The highest BCUT2D eigenvalue weighted by atomic mass is 16.6. The van der Waals surface area contributed by atoms with Gasteiger partial charge < -0.3 is 54.6 Å². The Morgan fingerprint density at radius 2 is 0.620 bits per heavy atom. The molecule has 6 aromatic rings. The largest absolute Gasteiger partial charge is 0.507 e. The summed E-state index contributed by atoms with van der Waals surface area (Å²) in [6, 6.07) is 22.9. The first kappa shape index (κ1) is 86.6. The summed E-state index contributed by atoms with van der Waals surface area (Å²) >= 11 is 0. The van der Waals surface area contributed by atoms with Crippen LogP contribution in [0.2, 0.25) is 0 Å². The van der Waals surface area contributed by atoms with Gasteiger partial charge in [-0.25, -0.2) is 19.2 Å². The lowest BCUT2D eigenvalue weighted by atomic mass is 10.1. The molecule has 4 saturated heterocycles. The molecule has 0 amide bonds. The number of Topliss-reactive ketones (excluding diaryl/α,β-unsaturated/α-hetero) is 2. The number of likely N-dealkylation sites (tertiary alicyclic amines) is 4. The first-order valence-electron chi connectivity index (χ1n) is 34.4. The number of nitro benzene ring substituents is 5. The van der Waals surface area contributed by atoms with Gasteiger partial charge in [0.25, 0.3) is 28.4 Å². The number of carboxylic acids is 2. The van der Waals surface area contributed by atoms with E-state index in [1.807, 2.05) is 6.92 Å². The average molecular weight is 1510 g/mol. The molecule has 4 heterocycles. The van der Waals surface area contributed by atoms with Crippen molar-refractivity contribution in [1.29, 1.82) is 0 Å². The zero-order valence-electron chi connectivity index (χ0n) is 60.1. The van der Waals surface area contributed by atoms with Crippen molar-refractivity contribution in [2.45, 2.75) is 78.1 Å². The number of carbonyl (C=O) groups excluding carboxylic acids is 4. The van der Waals surface area contributed by atoms with E-state index >= 15 is 0 Å². The number of phenols is 2. The lowest BCUT2D eigenvalue weighted by molar-refractivity contribution is -0.385. The smallest absolute Gasteiger partial charge is 0.341 e. The van der Waals surface area contributed by atoms with Gasteiger partial charge in [-0.3, -0.25) is 79.8 Å². The topological polar surface area (TPSA) is 493 Å². The number of carbonyl (C=O) groups is 6. The van der Waals surface area contributed by atoms with Crippen LogP contribution < -0.4 is 24.7 Å². The zero-order valence-corrected chi connectivity index (χ0v) is 60.1. The Kier molecular flexibility index (Phi) is 35.9. The normalized spacial score (nSPS) is 13.8. The molecule has 0 aliphatic carbocycles. The molecule has 0 bridgehead atoms. The maximum absolute atomic E-state index is 11.9. The first-order chi connectivity index (χ1) is 51.6. The number of nitro groups is 5. The number of methoxy groups -OCH3 is 2. The van der Waals surface area contributed by atoms with Crippen molar-refractivity contribution in [3.63, 3.8) is 0 Å². The van der Waals surface area contributed by atoms with Crippen LogP contribution >= 0.6 is 0 Å². The number of rotatable bonds is 29. The lowest BCUT2D eigenvalue weighted by Gasteiger charge is -2.16. The van der Waals surface area contributed by atoms with E-state index in [1.54, 1.807) is 25.1 Å². The van der Waals surface area contributed by atoms with Gasteiger partial charge in [0.05, 0.1) is 50.0 Å². The van der Waals surface area contributed by atoms with Gasteiger partial charge in [0.1, 0.15) is 83.2 Å². The van der Waals surface area contributed by atoms with Crippen molar-refractivity contribution in [2.75, 3.05) is 125 Å². The van der Waals surface area contributed by atoms with E-state index in [9.17, 15) is 84.4 Å². The molecule has 582 valence electrons. The SMILES string of the molecule is CCC(=O)c1cc(N)ccc1OCCN1CCCC1.CCC(=O)c1cc([N+](=O)[O-])ccc1OCCN1CCCC1.COC(=O)c1cc([N+](=O)[O-])ccc1O.COC(=O)c1cc([N+](=O)[O-])ccc1OCCN1CCCC1.O=C(O)c1cc([N+](=O)[O-])ccc1O.O=C(O)c1cc([N+](=O)[O-])ccc1OCCN1CCCC1. The summed E-state index contributed by atoms with van der Waals surface area (Å²) in [4.78, 5) is 127. The van der Waals surface area contributed by atoms with E-state index in [4.69, 9.17) is 40.0 Å². The molecule has 6 N–H and O–H groups in total. The number of esters is 2. The fourth-order valence-electron chi connectivity index (χ4n) is 11.1. The third-order valence-corrected chi connectivity index (χ3v) is 16.9. The summed E-state index contributed by atoms with van der Waals surface area (Å²) in [5.74, 6) is -3.42. The van der Waals surface area contributed by atoms with Crippen LogP contribution in [0.3, 0.4) is 0 Å². The molecular weight excluding hydrogens is 1420 g/mol. The summed E-state index contributed by atoms with van der Waals surface area (Å²) in [6.07, 6.45) is 10.5. The van der Waals surface area contributed by atoms with Crippen molar-refractivity contribution >= 4 is 69.6 Å². The van der Waals surface area contributed by atoms with E-state index in [2.05, 4.69) is 29.1 Å². The maximum atomic E-state index is 11.9. The molecule has 0 unspecified atom stereocenters. The van der Waals surface area contributed by atoms with E-state index in [0.717, 1.165) is 128 Å². The third-order valence-electron chi connectivity index (χ3n) is 16.9. The van der Waals surface area contributed by atoms with Crippen molar-refractivity contribution in [1.82, 2.24) is 19.6 Å². The fraction of sp³-hybridized carbons (Fsp3) is 0.417. The number of nitrogen functional groups attached to an aromatic ring is 1. The molecule has 0 aromatic heterocycles. The molecule has 0 radical (unpaired) electrons. The Labute approximate surface area is 619 Å². The van der Waals surface area contributed by atoms with Crippen LogP contribution in [-0.2, 0) is 9.47 Å². The second kappa shape index (κ2) is 44.7. The monoisotopic (exact) mass is 1510 g/mol. The van der Waals surface area contributed by atoms with Crippen LogP contribution in [0, 0.1) is 50.6 Å². The van der Waals surface area contributed by atoms with Crippen LogP contribution in [0.4, 0.5) is 34.1 Å². The van der Waals surface area contributed by atoms with Gasteiger partial charge in [-0.15, -0.1) is 0 Å². The molecular formula is C72H88N10O26. The predicted molar refractivity (Wildman–Crippen MR) is 390 cm³/mol. The number of nitrogens with two attached hydrogens (primary N) is 1. The summed E-state index contributed by atoms with van der Waals surface area (Å²) in [5, 5.41) is 88.5. The fourth-order valence-corrected chi connectivity index (χ4v) is 11.1. The minimum Gasteiger partial charge on any atom is -0.507 e. The van der Waals surface area contributed by atoms with Crippen LogP contribution in [0.15, 0.2) is 109 Å². The standard InChI is InChI=1S/C15H20N2O4.C15H22N2O2.C14H18N2O5.C13H16N2O5.C8H7NO5.C7H5NO5/c1-2-14(18)13-11-12(17(19)20)5-6-15(13)21-10-9-16-7-3-4-8-16;1-2-14(18)13-11-12(16)5-6-15(13)19-10-9-17-7-3-4-8-17;1-20-14(17)12-10-11(16(18)19)4-5-13(12)21-9-8-15-6-2-3-7-15;16-13(17)11-9-10(15(18)19)3-4-12(11)20-8-7-14-5-1-2-6-14;1-14-8(11)6-4-5(9(12)13)2-3-7(6)10;9-6-2-1-4(8(12)13)3-5(6)7(10)11/h5-6,11H,2-4,7-10H2,1H3;5-6,11H,2-4,7-10,16H2,1H3;4-5,10H,2-3,6-9H2,1H3;3-4,9H,1-2,5-8H2,(H,16,17);2-4,10H,1H3;1-3,9H,(H,10,11). The van der Waals surface area contributed by atoms with Gasteiger partial charge in [-0.2, -0.15) is 0 Å². The van der Waals surface area contributed by atoms with Crippen molar-refractivity contribution in [2.24, 2.45) is 0 Å². The Balaban J connectivity index is 0.000000234. The van der Waals surface area contributed by atoms with E-state index in [0.29, 0.717) is 73.3 Å². The van der Waals surface area contributed by atoms with Gasteiger partial charge in [0.15, 0.2) is 11.6 Å². The minimum atomic E-state index is -1.40. The quantitative estimate of drug-likeness (QED) is 0.00957. The zero-order chi connectivity index (χ0) is 79.4. The molecule has 4 aliphatic rings. The highest BCUT2D eigenvalue weighted by molar-refractivity contribution is 6.00. The number of nitrogens with zero attached hydrogens (tertiary/aromatic N) is 9. The highest BCUT2D eigenvalue weighted by Crippen LogP contribution is 2.30. The summed E-state index contributed by atoms with van der Waals surface area (Å²) in [7, 11) is 2.36. The molecule has 0 atom stereocenters. The van der Waals surface area contributed by atoms with Crippen molar-refractivity contribution in [3.05, 3.63) is 193 Å². The molecule has 4 aliphatic heterocycles. The Bertz CT molecular complexity index is 4000. The molecule has 108 heavy (non-hydrogen) atoms.